The van der Waals surface area contributed by atoms with E-state index in [4.69, 9.17) is 23.2 Å². The summed E-state index contributed by atoms with van der Waals surface area (Å²) in [4.78, 5) is 17.1. The molecule has 0 aliphatic heterocycles. The van der Waals surface area contributed by atoms with Gasteiger partial charge in [-0.2, -0.15) is 10.2 Å². The van der Waals surface area contributed by atoms with Crippen molar-refractivity contribution in [1.82, 2.24) is 24.5 Å². The molecule has 9 heteroatoms. The molecule has 0 saturated heterocycles. The van der Waals surface area contributed by atoms with Gasteiger partial charge in [0.15, 0.2) is 5.82 Å². The molecule has 3 heterocycles. The highest BCUT2D eigenvalue weighted by molar-refractivity contribution is 6.35. The summed E-state index contributed by atoms with van der Waals surface area (Å²) in [6.45, 7) is 2.21. The Morgan fingerprint density at radius 2 is 1.97 bits per heavy atom. The Morgan fingerprint density at radius 3 is 2.72 bits per heavy atom. The molecule has 4 rings (SSSR count). The van der Waals surface area contributed by atoms with Gasteiger partial charge in [-0.15, -0.1) is 0 Å². The monoisotopic (exact) mass is 426 g/mol. The first kappa shape index (κ1) is 19.2. The number of aromatic nitrogens is 5. The van der Waals surface area contributed by atoms with E-state index >= 15 is 0 Å². The number of carbonyl (C=O) groups is 1. The molecular weight excluding hydrogens is 411 g/mol. The lowest BCUT2D eigenvalue weighted by Crippen LogP contribution is -2.17. The van der Waals surface area contributed by atoms with Crippen molar-refractivity contribution >= 4 is 34.9 Å². The first-order chi connectivity index (χ1) is 14.0. The highest BCUT2D eigenvalue weighted by Gasteiger charge is 2.17. The second-order valence-electron chi connectivity index (χ2n) is 6.31. The van der Waals surface area contributed by atoms with Crippen molar-refractivity contribution in [2.75, 3.05) is 5.32 Å². The Kier molecular flexibility index (Phi) is 5.33. The third kappa shape index (κ3) is 4.01. The van der Waals surface area contributed by atoms with Crippen LogP contribution >= 0.6 is 23.2 Å². The van der Waals surface area contributed by atoms with E-state index in [0.717, 1.165) is 5.56 Å². The van der Waals surface area contributed by atoms with E-state index in [9.17, 15) is 4.79 Å². The van der Waals surface area contributed by atoms with Crippen LogP contribution in [-0.2, 0) is 6.54 Å². The van der Waals surface area contributed by atoms with Gasteiger partial charge in [0.25, 0.3) is 5.91 Å². The Balaban J connectivity index is 1.55. The first-order valence-corrected chi connectivity index (χ1v) is 9.51. The summed E-state index contributed by atoms with van der Waals surface area (Å²) in [5.74, 6) is 0.908. The van der Waals surface area contributed by atoms with Gasteiger partial charge in [-0.05, 0) is 36.8 Å². The van der Waals surface area contributed by atoms with Crippen molar-refractivity contribution in [3.8, 4) is 5.82 Å². The maximum absolute atomic E-state index is 12.8. The first-order valence-electron chi connectivity index (χ1n) is 8.76. The van der Waals surface area contributed by atoms with Crippen LogP contribution in [0.4, 0.5) is 5.82 Å². The van der Waals surface area contributed by atoms with Gasteiger partial charge in [-0.1, -0.05) is 35.3 Å². The van der Waals surface area contributed by atoms with E-state index in [-0.39, 0.29) is 5.91 Å². The molecule has 0 aliphatic carbocycles. The number of hydrogen-bond acceptors (Lipinski definition) is 4. The molecule has 0 saturated carbocycles. The Bertz CT molecular complexity index is 1170. The molecule has 7 nitrogen and oxygen atoms in total. The van der Waals surface area contributed by atoms with E-state index in [1.165, 1.54) is 6.20 Å². The average molecular weight is 427 g/mol. The molecule has 0 unspecified atom stereocenters. The molecule has 4 aromatic rings. The summed E-state index contributed by atoms with van der Waals surface area (Å²) < 4.78 is 3.28. The lowest BCUT2D eigenvalue weighted by molar-refractivity contribution is 0.102. The van der Waals surface area contributed by atoms with E-state index in [0.29, 0.717) is 39.5 Å². The number of halogens is 2. The highest BCUT2D eigenvalue weighted by atomic mass is 35.5. The number of nitrogens with one attached hydrogen (secondary N) is 1. The number of hydrogen-bond donors (Lipinski definition) is 1. The number of benzene rings is 1. The van der Waals surface area contributed by atoms with E-state index in [2.05, 4.69) is 20.5 Å². The SMILES string of the molecule is Cc1c(C(=O)Nc2ccnn2Cc2ccc(Cl)cc2Cl)cnn1-c1ccccn1. The number of anilines is 1. The fourth-order valence-corrected chi connectivity index (χ4v) is 3.37. The van der Waals surface area contributed by atoms with Crippen LogP contribution in [0, 0.1) is 6.92 Å². The van der Waals surface area contributed by atoms with Crippen LogP contribution in [0.25, 0.3) is 5.82 Å². The predicted octanol–water partition coefficient (Wildman–Crippen LogP) is 4.38. The van der Waals surface area contributed by atoms with Crippen LogP contribution in [0.5, 0.6) is 0 Å². The van der Waals surface area contributed by atoms with Gasteiger partial charge in [0.2, 0.25) is 0 Å². The van der Waals surface area contributed by atoms with Crippen LogP contribution in [0.3, 0.4) is 0 Å². The molecule has 0 radical (unpaired) electrons. The third-order valence-electron chi connectivity index (χ3n) is 4.41. The van der Waals surface area contributed by atoms with Gasteiger partial charge in [0, 0.05) is 22.3 Å². The quantitative estimate of drug-likeness (QED) is 0.513. The third-order valence-corrected chi connectivity index (χ3v) is 5.00. The van der Waals surface area contributed by atoms with Gasteiger partial charge in [-0.25, -0.2) is 14.3 Å². The molecule has 1 N–H and O–H groups in total. The van der Waals surface area contributed by atoms with Gasteiger partial charge < -0.3 is 5.32 Å². The molecule has 1 aromatic carbocycles. The maximum atomic E-state index is 12.8. The minimum absolute atomic E-state index is 0.284. The number of nitrogens with zero attached hydrogens (tertiary/aromatic N) is 5. The Morgan fingerprint density at radius 1 is 1.10 bits per heavy atom. The van der Waals surface area contributed by atoms with Gasteiger partial charge in [0.05, 0.1) is 30.2 Å². The molecule has 0 fully saturated rings. The van der Waals surface area contributed by atoms with Crippen molar-refractivity contribution in [2.24, 2.45) is 0 Å². The summed E-state index contributed by atoms with van der Waals surface area (Å²) >= 11 is 12.2. The lowest BCUT2D eigenvalue weighted by Gasteiger charge is -2.10. The van der Waals surface area contributed by atoms with Crippen molar-refractivity contribution in [3.63, 3.8) is 0 Å². The molecule has 0 aliphatic rings. The molecule has 0 spiro atoms. The average Bonchev–Trinajstić information content (AvgIpc) is 3.31. The molecule has 3 aromatic heterocycles. The van der Waals surface area contributed by atoms with E-state index in [1.807, 2.05) is 31.2 Å². The van der Waals surface area contributed by atoms with Crippen LogP contribution in [0.1, 0.15) is 21.6 Å². The van der Waals surface area contributed by atoms with Gasteiger partial charge in [0.1, 0.15) is 5.82 Å². The lowest BCUT2D eigenvalue weighted by atomic mass is 10.2. The fourth-order valence-electron chi connectivity index (χ4n) is 2.90. The number of carbonyl (C=O) groups excluding carboxylic acids is 1. The van der Waals surface area contributed by atoms with Crippen LogP contribution in [0.15, 0.2) is 61.1 Å². The summed E-state index contributed by atoms with van der Waals surface area (Å²) in [6, 6.07) is 12.5. The summed E-state index contributed by atoms with van der Waals surface area (Å²) in [5, 5.41) is 12.5. The molecule has 146 valence electrons. The van der Waals surface area contributed by atoms with Crippen molar-refractivity contribution in [3.05, 3.63) is 87.9 Å². The fraction of sp³-hybridized carbons (Fsp3) is 0.100. The second-order valence-corrected chi connectivity index (χ2v) is 7.15. The van der Waals surface area contributed by atoms with Crippen molar-refractivity contribution in [1.29, 1.82) is 0 Å². The van der Waals surface area contributed by atoms with Gasteiger partial charge in [-0.3, -0.25) is 4.79 Å². The maximum Gasteiger partial charge on any atom is 0.260 e. The normalized spacial score (nSPS) is 10.9. The zero-order valence-corrected chi connectivity index (χ0v) is 16.9. The van der Waals surface area contributed by atoms with E-state index < -0.39 is 0 Å². The minimum atomic E-state index is -0.284. The van der Waals surface area contributed by atoms with Crippen molar-refractivity contribution < 1.29 is 4.79 Å². The second kappa shape index (κ2) is 8.06. The zero-order valence-electron chi connectivity index (χ0n) is 15.4. The summed E-state index contributed by atoms with van der Waals surface area (Å²) in [7, 11) is 0. The van der Waals surface area contributed by atoms with Gasteiger partial charge >= 0.3 is 0 Å². The predicted molar refractivity (Wildman–Crippen MR) is 112 cm³/mol. The minimum Gasteiger partial charge on any atom is -0.307 e. The van der Waals surface area contributed by atoms with E-state index in [1.54, 1.807) is 40.0 Å². The molecule has 0 bridgehead atoms. The van der Waals surface area contributed by atoms with Crippen molar-refractivity contribution in [2.45, 2.75) is 13.5 Å². The van der Waals surface area contributed by atoms with Crippen LogP contribution in [-0.4, -0.2) is 30.5 Å². The summed E-state index contributed by atoms with van der Waals surface area (Å²) in [5.41, 5.74) is 1.98. The molecule has 1 amide bonds. The van der Waals surface area contributed by atoms with Crippen LogP contribution in [0.2, 0.25) is 10.0 Å². The molecular formula is C20H16Cl2N6O. The number of rotatable bonds is 5. The highest BCUT2D eigenvalue weighted by Crippen LogP contribution is 2.23. The zero-order chi connectivity index (χ0) is 20.4. The number of amides is 1. The van der Waals surface area contributed by atoms with Crippen LogP contribution < -0.4 is 5.32 Å². The molecule has 0 atom stereocenters. The Hall–Kier alpha value is -3.16. The largest absolute Gasteiger partial charge is 0.307 e. The summed E-state index contributed by atoms with van der Waals surface area (Å²) in [6.07, 6.45) is 4.82. The Labute approximate surface area is 176 Å². The number of pyridine rings is 1. The smallest absolute Gasteiger partial charge is 0.260 e. The topological polar surface area (TPSA) is 77.6 Å². The standard InChI is InChI=1S/C20H16Cl2N6O/c1-13-16(11-25-28(13)18-4-2-3-8-23-18)20(29)26-19-7-9-24-27(19)12-14-5-6-15(21)10-17(14)22/h2-11H,12H2,1H3,(H,26,29). The molecule has 29 heavy (non-hydrogen) atoms.